The molecule has 3 N–H and O–H groups in total. The second-order valence-electron chi connectivity index (χ2n) is 6.58. The summed E-state index contributed by atoms with van der Waals surface area (Å²) in [4.78, 5) is 26.4. The maximum atomic E-state index is 12.6. The number of nitrogens with one attached hydrogen (secondary N) is 1. The molecule has 0 saturated carbocycles. The lowest BCUT2D eigenvalue weighted by atomic mass is 10.0. The lowest BCUT2D eigenvalue weighted by Crippen LogP contribution is -2.49. The van der Waals surface area contributed by atoms with Gasteiger partial charge in [0.25, 0.3) is 0 Å². The van der Waals surface area contributed by atoms with E-state index in [0.717, 1.165) is 17.1 Å². The minimum atomic E-state index is -0.581. The molecule has 1 fully saturated rings. The fourth-order valence-corrected chi connectivity index (χ4v) is 3.74. The van der Waals surface area contributed by atoms with Crippen LogP contribution in [0.5, 0.6) is 0 Å². The molecule has 7 heteroatoms. The molecule has 0 spiro atoms. The minimum Gasteiger partial charge on any atom is -0.346 e. The number of nitrogens with zero attached hydrogens (tertiary/aromatic N) is 1. The summed E-state index contributed by atoms with van der Waals surface area (Å²) in [5.74, 6) is 1.54. The smallest absolute Gasteiger partial charge is 0.242 e. The standard InChI is InChI=1S/C18H27N3O2S.ClH/c1-12(2)17(19)18(23)20-10-16(22)21-8-9-24-11-15(21)14-6-4-13(3)5-7-14;/h4-7,12,15,17H,8-11,19H2,1-3H3,(H,20,23);1H/t15?,17-;/m0./s1. The van der Waals surface area contributed by atoms with Gasteiger partial charge in [0, 0.05) is 18.1 Å². The largest absolute Gasteiger partial charge is 0.346 e. The van der Waals surface area contributed by atoms with Gasteiger partial charge in [-0.1, -0.05) is 43.7 Å². The van der Waals surface area contributed by atoms with E-state index in [1.807, 2.05) is 30.5 Å². The number of amides is 2. The molecule has 25 heavy (non-hydrogen) atoms. The maximum absolute atomic E-state index is 12.6. The minimum absolute atomic E-state index is 0. The molecule has 140 valence electrons. The molecule has 1 heterocycles. The number of aryl methyl sites for hydroxylation is 1. The van der Waals surface area contributed by atoms with Crippen LogP contribution in [0.25, 0.3) is 0 Å². The molecule has 1 aliphatic rings. The van der Waals surface area contributed by atoms with E-state index in [0.29, 0.717) is 6.54 Å². The summed E-state index contributed by atoms with van der Waals surface area (Å²) >= 11 is 1.86. The van der Waals surface area contributed by atoms with E-state index >= 15 is 0 Å². The number of carbonyl (C=O) groups is 2. The van der Waals surface area contributed by atoms with Crippen molar-refractivity contribution in [3.8, 4) is 0 Å². The summed E-state index contributed by atoms with van der Waals surface area (Å²) < 4.78 is 0. The first-order valence-electron chi connectivity index (χ1n) is 8.37. The van der Waals surface area contributed by atoms with Gasteiger partial charge in [-0.3, -0.25) is 9.59 Å². The molecule has 5 nitrogen and oxygen atoms in total. The highest BCUT2D eigenvalue weighted by Crippen LogP contribution is 2.29. The van der Waals surface area contributed by atoms with Gasteiger partial charge in [0.2, 0.25) is 11.8 Å². The van der Waals surface area contributed by atoms with E-state index in [1.54, 1.807) is 0 Å². The Bertz CT molecular complexity index is 580. The second kappa shape index (κ2) is 10.0. The zero-order valence-corrected chi connectivity index (χ0v) is 16.7. The second-order valence-corrected chi connectivity index (χ2v) is 7.73. The summed E-state index contributed by atoms with van der Waals surface area (Å²) in [6.07, 6.45) is 0. The summed E-state index contributed by atoms with van der Waals surface area (Å²) in [5, 5.41) is 2.68. The SMILES string of the molecule is Cc1ccc(C2CSCCN2C(=O)CNC(=O)[C@@H](N)C(C)C)cc1.Cl. The molecule has 0 aromatic heterocycles. The van der Waals surface area contributed by atoms with Crippen LogP contribution in [-0.2, 0) is 9.59 Å². The van der Waals surface area contributed by atoms with Crippen molar-refractivity contribution in [2.24, 2.45) is 11.7 Å². The van der Waals surface area contributed by atoms with Crippen LogP contribution < -0.4 is 11.1 Å². The van der Waals surface area contributed by atoms with Crippen molar-refractivity contribution in [3.05, 3.63) is 35.4 Å². The highest BCUT2D eigenvalue weighted by Gasteiger charge is 2.28. The Morgan fingerprint density at radius 2 is 1.96 bits per heavy atom. The number of hydrogen-bond donors (Lipinski definition) is 2. The number of benzene rings is 1. The van der Waals surface area contributed by atoms with Crippen LogP contribution in [0.1, 0.15) is 31.0 Å². The van der Waals surface area contributed by atoms with Gasteiger partial charge in [-0.25, -0.2) is 0 Å². The van der Waals surface area contributed by atoms with Crippen molar-refractivity contribution in [1.29, 1.82) is 0 Å². The van der Waals surface area contributed by atoms with Gasteiger partial charge in [-0.05, 0) is 18.4 Å². The number of nitrogens with two attached hydrogens (primary N) is 1. The van der Waals surface area contributed by atoms with Gasteiger partial charge >= 0.3 is 0 Å². The Morgan fingerprint density at radius 1 is 1.32 bits per heavy atom. The van der Waals surface area contributed by atoms with Crippen LogP contribution >= 0.6 is 24.2 Å². The maximum Gasteiger partial charge on any atom is 0.242 e. The fourth-order valence-electron chi connectivity index (χ4n) is 2.65. The average molecular weight is 386 g/mol. The number of halogens is 1. The average Bonchev–Trinajstić information content (AvgIpc) is 2.59. The Morgan fingerprint density at radius 3 is 2.56 bits per heavy atom. The van der Waals surface area contributed by atoms with Gasteiger partial charge in [0.15, 0.2) is 0 Å². The molecule has 1 aromatic rings. The van der Waals surface area contributed by atoms with E-state index in [2.05, 4.69) is 36.5 Å². The zero-order chi connectivity index (χ0) is 17.7. The van der Waals surface area contributed by atoms with E-state index in [-0.39, 0.29) is 42.7 Å². The van der Waals surface area contributed by atoms with Crippen molar-refractivity contribution < 1.29 is 9.59 Å². The van der Waals surface area contributed by atoms with E-state index in [9.17, 15) is 9.59 Å². The van der Waals surface area contributed by atoms with Gasteiger partial charge in [0.1, 0.15) is 0 Å². The molecule has 2 amide bonds. The summed E-state index contributed by atoms with van der Waals surface area (Å²) in [5.41, 5.74) is 8.17. The topological polar surface area (TPSA) is 75.4 Å². The number of rotatable bonds is 5. The Balaban J connectivity index is 0.00000312. The van der Waals surface area contributed by atoms with E-state index in [1.165, 1.54) is 5.56 Å². The molecule has 2 rings (SSSR count). The third-order valence-electron chi connectivity index (χ3n) is 4.35. The van der Waals surface area contributed by atoms with Crippen molar-refractivity contribution in [2.45, 2.75) is 32.9 Å². The molecule has 1 saturated heterocycles. The van der Waals surface area contributed by atoms with Crippen LogP contribution in [-0.4, -0.2) is 47.4 Å². The lowest BCUT2D eigenvalue weighted by molar-refractivity contribution is -0.135. The van der Waals surface area contributed by atoms with Crippen LogP contribution in [0.3, 0.4) is 0 Å². The molecule has 1 unspecified atom stereocenters. The van der Waals surface area contributed by atoms with Crippen molar-refractivity contribution >= 4 is 36.0 Å². The third-order valence-corrected chi connectivity index (χ3v) is 5.37. The Labute approximate surface area is 160 Å². The summed E-state index contributed by atoms with van der Waals surface area (Å²) in [7, 11) is 0. The van der Waals surface area contributed by atoms with Crippen LogP contribution in [0.4, 0.5) is 0 Å². The molecule has 0 radical (unpaired) electrons. The highest BCUT2D eigenvalue weighted by molar-refractivity contribution is 7.99. The fraction of sp³-hybridized carbons (Fsp3) is 0.556. The summed E-state index contributed by atoms with van der Waals surface area (Å²) in [6.45, 7) is 6.54. The molecule has 1 aliphatic heterocycles. The summed E-state index contributed by atoms with van der Waals surface area (Å²) in [6, 6.07) is 7.79. The van der Waals surface area contributed by atoms with E-state index in [4.69, 9.17) is 5.73 Å². The molecule has 2 atom stereocenters. The van der Waals surface area contributed by atoms with Gasteiger partial charge in [-0.2, -0.15) is 11.8 Å². The highest BCUT2D eigenvalue weighted by atomic mass is 35.5. The Hall–Kier alpha value is -1.24. The van der Waals surface area contributed by atoms with Gasteiger partial charge < -0.3 is 16.0 Å². The normalized spacial score (nSPS) is 18.4. The first kappa shape index (κ1) is 21.8. The predicted octanol–water partition coefficient (Wildman–Crippen LogP) is 2.13. The van der Waals surface area contributed by atoms with Crippen molar-refractivity contribution in [1.82, 2.24) is 10.2 Å². The number of carbonyl (C=O) groups excluding carboxylic acids is 2. The van der Waals surface area contributed by atoms with Gasteiger partial charge in [0.05, 0.1) is 18.6 Å². The Kier molecular flexibility index (Phi) is 8.76. The number of thioether (sulfide) groups is 1. The molecule has 1 aromatic carbocycles. The molecule has 0 aliphatic carbocycles. The first-order chi connectivity index (χ1) is 11.4. The lowest BCUT2D eigenvalue weighted by Gasteiger charge is -2.36. The van der Waals surface area contributed by atoms with Crippen LogP contribution in [0, 0.1) is 12.8 Å². The van der Waals surface area contributed by atoms with Crippen LogP contribution in [0.2, 0.25) is 0 Å². The monoisotopic (exact) mass is 385 g/mol. The van der Waals surface area contributed by atoms with E-state index < -0.39 is 6.04 Å². The quantitative estimate of drug-likeness (QED) is 0.814. The van der Waals surface area contributed by atoms with Crippen molar-refractivity contribution in [3.63, 3.8) is 0 Å². The first-order valence-corrected chi connectivity index (χ1v) is 9.52. The van der Waals surface area contributed by atoms with Gasteiger partial charge in [-0.15, -0.1) is 12.4 Å². The number of hydrogen-bond acceptors (Lipinski definition) is 4. The van der Waals surface area contributed by atoms with Crippen molar-refractivity contribution in [2.75, 3.05) is 24.6 Å². The predicted molar refractivity (Wildman–Crippen MR) is 106 cm³/mol. The zero-order valence-electron chi connectivity index (χ0n) is 15.0. The molecule has 0 bridgehead atoms. The molecular formula is C18H28ClN3O2S. The molecular weight excluding hydrogens is 358 g/mol. The third kappa shape index (κ3) is 5.90. The van der Waals surface area contributed by atoms with Crippen LogP contribution in [0.15, 0.2) is 24.3 Å².